The van der Waals surface area contributed by atoms with E-state index in [4.69, 9.17) is 11.6 Å². The van der Waals surface area contributed by atoms with Crippen LogP contribution in [0.15, 0.2) is 36.5 Å². The van der Waals surface area contributed by atoms with Crippen LogP contribution in [0.1, 0.15) is 15.9 Å². The minimum atomic E-state index is -4.57. The van der Waals surface area contributed by atoms with Gasteiger partial charge in [-0.3, -0.25) is 4.79 Å². The molecule has 0 bridgehead atoms. The van der Waals surface area contributed by atoms with Crippen LogP contribution in [-0.2, 0) is 6.18 Å². The van der Waals surface area contributed by atoms with Gasteiger partial charge in [-0.15, -0.1) is 0 Å². The van der Waals surface area contributed by atoms with Crippen LogP contribution in [-0.4, -0.2) is 53.9 Å². The van der Waals surface area contributed by atoms with Crippen molar-refractivity contribution in [2.24, 2.45) is 0 Å². The van der Waals surface area contributed by atoms with Gasteiger partial charge in [-0.25, -0.2) is 4.98 Å². The Morgan fingerprint density at radius 1 is 1.15 bits per heavy atom. The summed E-state index contributed by atoms with van der Waals surface area (Å²) in [5.74, 6) is -0.0106. The Kier molecular flexibility index (Phi) is 5.57. The number of carbonyl (C=O) groups is 1. The van der Waals surface area contributed by atoms with E-state index in [0.29, 0.717) is 18.7 Å². The van der Waals surface area contributed by atoms with Gasteiger partial charge in [0.2, 0.25) is 0 Å². The van der Waals surface area contributed by atoms with Crippen molar-refractivity contribution in [1.82, 2.24) is 14.8 Å². The molecule has 1 aromatic carbocycles. The third-order valence-corrected chi connectivity index (χ3v) is 4.58. The number of amides is 1. The number of anilines is 2. The first-order valence-corrected chi connectivity index (χ1v) is 8.69. The number of carbonyl (C=O) groups excluding carboxylic acids is 1. The Labute approximate surface area is 159 Å². The van der Waals surface area contributed by atoms with Crippen molar-refractivity contribution in [3.05, 3.63) is 52.7 Å². The van der Waals surface area contributed by atoms with Crippen LogP contribution in [0, 0.1) is 0 Å². The normalized spacial score (nSPS) is 15.7. The van der Waals surface area contributed by atoms with Crippen molar-refractivity contribution in [2.45, 2.75) is 6.18 Å². The maximum absolute atomic E-state index is 13.2. The molecule has 1 aliphatic heterocycles. The first-order chi connectivity index (χ1) is 12.7. The lowest BCUT2D eigenvalue weighted by atomic mass is 10.1. The summed E-state index contributed by atoms with van der Waals surface area (Å²) in [7, 11) is 1.99. The second kappa shape index (κ2) is 7.74. The van der Waals surface area contributed by atoms with Gasteiger partial charge in [-0.2, -0.15) is 13.2 Å². The largest absolute Gasteiger partial charge is 0.418 e. The molecular formula is C18H18ClF3N4O. The maximum atomic E-state index is 13.2. The van der Waals surface area contributed by atoms with E-state index in [1.807, 2.05) is 7.05 Å². The Morgan fingerprint density at radius 3 is 2.52 bits per heavy atom. The lowest BCUT2D eigenvalue weighted by Crippen LogP contribution is -2.47. The molecule has 1 amide bonds. The number of aromatic nitrogens is 1. The van der Waals surface area contributed by atoms with E-state index in [2.05, 4.69) is 15.2 Å². The van der Waals surface area contributed by atoms with Crippen molar-refractivity contribution >= 4 is 29.0 Å². The standard InChI is InChI=1S/C18H18ClF3N4O/c1-25-6-8-26(9-7-25)17(27)12-4-5-23-16(10-12)24-15-3-2-13(19)11-14(15)18(20,21)22/h2-5,10-11H,6-9H2,1H3,(H,23,24). The van der Waals surface area contributed by atoms with Crippen LogP contribution in [0.3, 0.4) is 0 Å². The molecule has 0 saturated carbocycles. The summed E-state index contributed by atoms with van der Waals surface area (Å²) in [6.07, 6.45) is -3.17. The van der Waals surface area contributed by atoms with E-state index < -0.39 is 11.7 Å². The van der Waals surface area contributed by atoms with Crippen molar-refractivity contribution < 1.29 is 18.0 Å². The molecule has 0 atom stereocenters. The highest BCUT2D eigenvalue weighted by atomic mass is 35.5. The van der Waals surface area contributed by atoms with Crippen LogP contribution in [0.4, 0.5) is 24.7 Å². The number of hydrogen-bond acceptors (Lipinski definition) is 4. The predicted octanol–water partition coefficient (Wildman–Crippen LogP) is 3.89. The summed E-state index contributed by atoms with van der Waals surface area (Å²) in [4.78, 5) is 20.5. The summed E-state index contributed by atoms with van der Waals surface area (Å²) >= 11 is 5.69. The number of nitrogens with zero attached hydrogens (tertiary/aromatic N) is 3. The molecule has 2 heterocycles. The number of benzene rings is 1. The number of rotatable bonds is 3. The highest BCUT2D eigenvalue weighted by Gasteiger charge is 2.34. The zero-order chi connectivity index (χ0) is 19.6. The molecule has 1 aliphatic rings. The Bertz CT molecular complexity index is 836. The zero-order valence-corrected chi connectivity index (χ0v) is 15.3. The SMILES string of the molecule is CN1CCN(C(=O)c2ccnc(Nc3ccc(Cl)cc3C(F)(F)F)c2)CC1. The van der Waals surface area contributed by atoms with E-state index in [0.717, 1.165) is 19.2 Å². The number of likely N-dealkylation sites (N-methyl/N-ethyl adjacent to an activating group) is 1. The first kappa shape index (κ1) is 19.4. The van der Waals surface area contributed by atoms with E-state index in [1.165, 1.54) is 24.4 Å². The zero-order valence-electron chi connectivity index (χ0n) is 14.6. The highest BCUT2D eigenvalue weighted by molar-refractivity contribution is 6.30. The number of hydrogen-bond donors (Lipinski definition) is 1. The van der Waals surface area contributed by atoms with E-state index >= 15 is 0 Å². The summed E-state index contributed by atoms with van der Waals surface area (Å²) in [5, 5.41) is 2.63. The quantitative estimate of drug-likeness (QED) is 0.852. The number of pyridine rings is 1. The molecule has 9 heteroatoms. The third kappa shape index (κ3) is 4.70. The molecule has 3 rings (SSSR count). The van der Waals surface area contributed by atoms with Crippen molar-refractivity contribution in [3.63, 3.8) is 0 Å². The monoisotopic (exact) mass is 398 g/mol. The van der Waals surface area contributed by atoms with Gasteiger partial charge in [-0.1, -0.05) is 11.6 Å². The van der Waals surface area contributed by atoms with Gasteiger partial charge in [0.25, 0.3) is 5.91 Å². The van der Waals surface area contributed by atoms with E-state index in [9.17, 15) is 18.0 Å². The summed E-state index contributed by atoms with van der Waals surface area (Å²) in [6.45, 7) is 2.77. The third-order valence-electron chi connectivity index (χ3n) is 4.35. The molecule has 0 radical (unpaired) electrons. The molecule has 0 spiro atoms. The fraction of sp³-hybridized carbons (Fsp3) is 0.333. The van der Waals surface area contributed by atoms with E-state index in [-0.39, 0.29) is 22.4 Å². The van der Waals surface area contributed by atoms with Crippen LogP contribution in [0.25, 0.3) is 0 Å². The molecule has 2 aromatic rings. The van der Waals surface area contributed by atoms with Crippen molar-refractivity contribution in [3.8, 4) is 0 Å². The van der Waals surface area contributed by atoms with Crippen LogP contribution >= 0.6 is 11.6 Å². The van der Waals surface area contributed by atoms with Gasteiger partial charge in [0, 0.05) is 43.0 Å². The molecule has 5 nitrogen and oxygen atoms in total. The van der Waals surface area contributed by atoms with Crippen LogP contribution in [0.2, 0.25) is 5.02 Å². The molecular weight excluding hydrogens is 381 g/mol. The van der Waals surface area contributed by atoms with Gasteiger partial charge in [0.15, 0.2) is 0 Å². The molecule has 1 fully saturated rings. The molecule has 1 aromatic heterocycles. The average Bonchev–Trinajstić information content (AvgIpc) is 2.63. The second-order valence-electron chi connectivity index (χ2n) is 6.34. The lowest BCUT2D eigenvalue weighted by Gasteiger charge is -2.32. The highest BCUT2D eigenvalue weighted by Crippen LogP contribution is 2.37. The fourth-order valence-corrected chi connectivity index (χ4v) is 2.99. The van der Waals surface area contributed by atoms with Crippen LogP contribution in [0.5, 0.6) is 0 Å². The Balaban J connectivity index is 1.82. The molecule has 0 aliphatic carbocycles. The summed E-state index contributed by atoms with van der Waals surface area (Å²) in [5.41, 5.74) is -0.698. The maximum Gasteiger partial charge on any atom is 0.418 e. The molecule has 1 N–H and O–H groups in total. The van der Waals surface area contributed by atoms with Gasteiger partial charge in [0.05, 0.1) is 11.3 Å². The number of nitrogens with one attached hydrogen (secondary N) is 1. The topological polar surface area (TPSA) is 48.5 Å². The minimum Gasteiger partial charge on any atom is -0.340 e. The van der Waals surface area contributed by atoms with Gasteiger partial charge >= 0.3 is 6.18 Å². The summed E-state index contributed by atoms with van der Waals surface area (Å²) in [6, 6.07) is 6.46. The predicted molar refractivity (Wildman–Crippen MR) is 97.4 cm³/mol. The van der Waals surface area contributed by atoms with Crippen molar-refractivity contribution in [2.75, 3.05) is 38.5 Å². The van der Waals surface area contributed by atoms with E-state index in [1.54, 1.807) is 11.0 Å². The fourth-order valence-electron chi connectivity index (χ4n) is 2.82. The van der Waals surface area contributed by atoms with Crippen molar-refractivity contribution in [1.29, 1.82) is 0 Å². The average molecular weight is 399 g/mol. The number of halogens is 4. The Hall–Kier alpha value is -2.32. The Morgan fingerprint density at radius 2 is 1.85 bits per heavy atom. The number of piperazine rings is 1. The molecule has 27 heavy (non-hydrogen) atoms. The van der Waals surface area contributed by atoms with Gasteiger partial charge < -0.3 is 15.1 Å². The van der Waals surface area contributed by atoms with Gasteiger partial charge in [0.1, 0.15) is 5.82 Å². The lowest BCUT2D eigenvalue weighted by molar-refractivity contribution is -0.136. The second-order valence-corrected chi connectivity index (χ2v) is 6.77. The number of alkyl halides is 3. The minimum absolute atomic E-state index is 0.0140. The smallest absolute Gasteiger partial charge is 0.340 e. The molecule has 0 unspecified atom stereocenters. The molecule has 144 valence electrons. The molecule has 1 saturated heterocycles. The van der Waals surface area contributed by atoms with Gasteiger partial charge in [-0.05, 0) is 37.4 Å². The summed E-state index contributed by atoms with van der Waals surface area (Å²) < 4.78 is 39.7. The van der Waals surface area contributed by atoms with Crippen LogP contribution < -0.4 is 5.32 Å². The first-order valence-electron chi connectivity index (χ1n) is 8.31.